The number of likely N-dealkylation sites (tertiary alicyclic amines) is 1. The molecule has 1 atom stereocenters. The largest absolute Gasteiger partial charge is 0.387 e. The third-order valence-corrected chi connectivity index (χ3v) is 3.69. The van der Waals surface area contributed by atoms with Crippen molar-refractivity contribution in [1.82, 2.24) is 14.7 Å². The first kappa shape index (κ1) is 11.6. The van der Waals surface area contributed by atoms with E-state index in [-0.39, 0.29) is 6.10 Å². The highest BCUT2D eigenvalue weighted by Crippen LogP contribution is 2.30. The molecule has 1 N–H and O–H groups in total. The van der Waals surface area contributed by atoms with Gasteiger partial charge in [-0.15, -0.1) is 0 Å². The lowest BCUT2D eigenvalue weighted by molar-refractivity contribution is 0.0549. The van der Waals surface area contributed by atoms with Gasteiger partial charge in [-0.1, -0.05) is 6.92 Å². The molecule has 0 bridgehead atoms. The highest BCUT2D eigenvalue weighted by Gasteiger charge is 2.27. The zero-order valence-electron chi connectivity index (χ0n) is 10.1. The summed E-state index contributed by atoms with van der Waals surface area (Å²) in [5.74, 6) is 0.387. The average Bonchev–Trinajstić information content (AvgIpc) is 2.75. The van der Waals surface area contributed by atoms with Crippen LogP contribution in [0.25, 0.3) is 0 Å². The maximum atomic E-state index is 10.3. The van der Waals surface area contributed by atoms with Gasteiger partial charge in [0.15, 0.2) is 0 Å². The van der Waals surface area contributed by atoms with Crippen molar-refractivity contribution in [3.05, 3.63) is 18.0 Å². The van der Waals surface area contributed by atoms with Crippen LogP contribution >= 0.6 is 0 Å². The summed E-state index contributed by atoms with van der Waals surface area (Å²) in [6.07, 6.45) is 3.56. The Kier molecular flexibility index (Phi) is 3.61. The summed E-state index contributed by atoms with van der Waals surface area (Å²) in [7, 11) is 1.89. The normalized spacial score (nSPS) is 21.2. The van der Waals surface area contributed by atoms with E-state index in [1.807, 2.05) is 13.1 Å². The molecule has 90 valence electrons. The summed E-state index contributed by atoms with van der Waals surface area (Å²) in [6, 6.07) is 1.91. The Morgan fingerprint density at radius 3 is 2.69 bits per heavy atom. The molecule has 0 aromatic carbocycles. The van der Waals surface area contributed by atoms with Crippen molar-refractivity contribution in [1.29, 1.82) is 0 Å². The Hall–Kier alpha value is -0.870. The van der Waals surface area contributed by atoms with Gasteiger partial charge in [-0.3, -0.25) is 4.68 Å². The second kappa shape index (κ2) is 4.97. The van der Waals surface area contributed by atoms with Crippen LogP contribution in [0.4, 0.5) is 0 Å². The molecule has 2 rings (SSSR count). The van der Waals surface area contributed by atoms with Gasteiger partial charge in [0.05, 0.1) is 11.8 Å². The second-order valence-electron chi connectivity index (χ2n) is 4.60. The van der Waals surface area contributed by atoms with Crippen LogP contribution in [-0.2, 0) is 7.05 Å². The van der Waals surface area contributed by atoms with Crippen molar-refractivity contribution >= 4 is 0 Å². The molecule has 4 heteroatoms. The Bertz CT molecular complexity index is 329. The van der Waals surface area contributed by atoms with Gasteiger partial charge in [-0.25, -0.2) is 0 Å². The summed E-state index contributed by atoms with van der Waals surface area (Å²) in [4.78, 5) is 2.44. The van der Waals surface area contributed by atoms with Crippen LogP contribution in [-0.4, -0.2) is 39.4 Å². The fourth-order valence-corrected chi connectivity index (χ4v) is 2.50. The third kappa shape index (κ3) is 2.28. The number of aliphatic hydroxyl groups excluding tert-OH is 1. The van der Waals surface area contributed by atoms with E-state index < -0.39 is 0 Å². The zero-order valence-corrected chi connectivity index (χ0v) is 10.1. The van der Waals surface area contributed by atoms with Crippen molar-refractivity contribution < 1.29 is 5.11 Å². The van der Waals surface area contributed by atoms with E-state index in [0.29, 0.717) is 5.92 Å². The lowest BCUT2D eigenvalue weighted by Gasteiger charge is -2.33. The van der Waals surface area contributed by atoms with E-state index in [2.05, 4.69) is 16.9 Å². The summed E-state index contributed by atoms with van der Waals surface area (Å²) in [6.45, 7) is 5.53. The highest BCUT2D eigenvalue weighted by atomic mass is 16.3. The van der Waals surface area contributed by atoms with Gasteiger partial charge in [0.25, 0.3) is 0 Å². The Balaban J connectivity index is 1.97. The number of rotatable bonds is 3. The Labute approximate surface area is 96.9 Å². The first-order valence-corrected chi connectivity index (χ1v) is 6.10. The molecule has 4 nitrogen and oxygen atoms in total. The summed E-state index contributed by atoms with van der Waals surface area (Å²) in [5, 5.41) is 14.4. The minimum Gasteiger partial charge on any atom is -0.387 e. The quantitative estimate of drug-likeness (QED) is 0.836. The molecule has 0 unspecified atom stereocenters. The van der Waals surface area contributed by atoms with Crippen LogP contribution in [0.3, 0.4) is 0 Å². The van der Waals surface area contributed by atoms with Gasteiger partial charge in [-0.2, -0.15) is 5.10 Å². The fourth-order valence-electron chi connectivity index (χ4n) is 2.50. The second-order valence-corrected chi connectivity index (χ2v) is 4.60. The third-order valence-electron chi connectivity index (χ3n) is 3.69. The number of nitrogens with zero attached hydrogens (tertiary/aromatic N) is 3. The van der Waals surface area contributed by atoms with Gasteiger partial charge >= 0.3 is 0 Å². The molecule has 1 aliphatic heterocycles. The zero-order chi connectivity index (χ0) is 11.5. The van der Waals surface area contributed by atoms with Crippen LogP contribution in [0.1, 0.15) is 31.6 Å². The van der Waals surface area contributed by atoms with Crippen molar-refractivity contribution in [2.75, 3.05) is 19.6 Å². The van der Waals surface area contributed by atoms with Crippen LogP contribution in [0, 0.1) is 5.92 Å². The molecule has 0 radical (unpaired) electrons. The number of aliphatic hydroxyl groups is 1. The number of aromatic nitrogens is 2. The molecule has 0 spiro atoms. The topological polar surface area (TPSA) is 41.3 Å². The first-order chi connectivity index (χ1) is 7.72. The summed E-state index contributed by atoms with van der Waals surface area (Å²) in [5.41, 5.74) is 0.940. The maximum absolute atomic E-state index is 10.3. The molecule has 1 fully saturated rings. The molecule has 2 heterocycles. The SMILES string of the molecule is CCN1CCC([C@@H](O)c2ccnn2C)CC1. The van der Waals surface area contributed by atoms with Gasteiger partial charge in [-0.05, 0) is 44.5 Å². The molecular weight excluding hydrogens is 202 g/mol. The molecule has 1 aromatic heterocycles. The minimum absolute atomic E-state index is 0.355. The number of aryl methyl sites for hydroxylation is 1. The van der Waals surface area contributed by atoms with Crippen LogP contribution < -0.4 is 0 Å². The average molecular weight is 223 g/mol. The predicted molar refractivity (Wildman–Crippen MR) is 63.0 cm³/mol. The standard InChI is InChI=1S/C12H21N3O/c1-3-15-8-5-10(6-9-15)12(16)11-4-7-13-14(11)2/h4,7,10,12,16H,3,5-6,8-9H2,1-2H3/t12-/m1/s1. The minimum atomic E-state index is -0.355. The number of hydrogen-bond acceptors (Lipinski definition) is 3. The molecule has 1 aromatic rings. The van der Waals surface area contributed by atoms with Gasteiger partial charge in [0.1, 0.15) is 0 Å². The summed E-state index contributed by atoms with van der Waals surface area (Å²) < 4.78 is 1.77. The first-order valence-electron chi connectivity index (χ1n) is 6.10. The van der Waals surface area contributed by atoms with Crippen molar-refractivity contribution in [2.24, 2.45) is 13.0 Å². The van der Waals surface area contributed by atoms with E-state index in [1.165, 1.54) is 0 Å². The van der Waals surface area contributed by atoms with Crippen LogP contribution in [0.15, 0.2) is 12.3 Å². The molecule has 0 amide bonds. The van der Waals surface area contributed by atoms with Crippen molar-refractivity contribution in [3.63, 3.8) is 0 Å². The lowest BCUT2D eigenvalue weighted by atomic mass is 9.89. The van der Waals surface area contributed by atoms with Crippen molar-refractivity contribution in [2.45, 2.75) is 25.9 Å². The van der Waals surface area contributed by atoms with Crippen LogP contribution in [0.2, 0.25) is 0 Å². The molecule has 0 saturated carbocycles. The molecule has 1 aliphatic rings. The number of hydrogen-bond donors (Lipinski definition) is 1. The lowest BCUT2D eigenvalue weighted by Crippen LogP contribution is -2.35. The molecular formula is C12H21N3O. The number of piperidine rings is 1. The Morgan fingerprint density at radius 2 is 2.19 bits per heavy atom. The van der Waals surface area contributed by atoms with Crippen molar-refractivity contribution in [3.8, 4) is 0 Å². The monoisotopic (exact) mass is 223 g/mol. The van der Waals surface area contributed by atoms with Gasteiger partial charge < -0.3 is 10.0 Å². The summed E-state index contributed by atoms with van der Waals surface area (Å²) >= 11 is 0. The van der Waals surface area contributed by atoms with E-state index >= 15 is 0 Å². The highest BCUT2D eigenvalue weighted by molar-refractivity contribution is 5.05. The predicted octanol–water partition coefficient (Wildman–Crippen LogP) is 1.19. The molecule has 1 saturated heterocycles. The van der Waals surface area contributed by atoms with Gasteiger partial charge in [0, 0.05) is 13.2 Å². The van der Waals surface area contributed by atoms with E-state index in [1.54, 1.807) is 10.9 Å². The van der Waals surface area contributed by atoms with E-state index in [9.17, 15) is 5.11 Å². The van der Waals surface area contributed by atoms with E-state index in [4.69, 9.17) is 0 Å². The maximum Gasteiger partial charge on any atom is 0.0985 e. The fraction of sp³-hybridized carbons (Fsp3) is 0.750. The van der Waals surface area contributed by atoms with Crippen LogP contribution in [0.5, 0.6) is 0 Å². The van der Waals surface area contributed by atoms with Gasteiger partial charge in [0.2, 0.25) is 0 Å². The van der Waals surface area contributed by atoms with E-state index in [0.717, 1.165) is 38.2 Å². The molecule has 16 heavy (non-hydrogen) atoms. The smallest absolute Gasteiger partial charge is 0.0985 e. The molecule has 0 aliphatic carbocycles. The Morgan fingerprint density at radius 1 is 1.50 bits per heavy atom.